The first-order valence-corrected chi connectivity index (χ1v) is 6.66. The van der Waals surface area contributed by atoms with Gasteiger partial charge in [-0.25, -0.2) is 0 Å². The van der Waals surface area contributed by atoms with E-state index in [4.69, 9.17) is 0 Å². The van der Waals surface area contributed by atoms with Gasteiger partial charge in [0.25, 0.3) is 0 Å². The molecule has 1 heteroatoms. The van der Waals surface area contributed by atoms with Gasteiger partial charge in [0, 0.05) is 17.9 Å². The van der Waals surface area contributed by atoms with E-state index < -0.39 is 0 Å². The molecule has 0 amide bonds. The molecule has 0 unspecified atom stereocenters. The maximum atomic E-state index is 9.49. The van der Waals surface area contributed by atoms with Gasteiger partial charge in [-0.2, -0.15) is 0 Å². The van der Waals surface area contributed by atoms with Gasteiger partial charge in [0.2, 0.25) is 0 Å². The van der Waals surface area contributed by atoms with Crippen molar-refractivity contribution in [2.75, 3.05) is 6.61 Å². The Morgan fingerprint density at radius 3 is 2.06 bits per heavy atom. The summed E-state index contributed by atoms with van der Waals surface area (Å²) in [7, 11) is 0. The van der Waals surface area contributed by atoms with E-state index in [2.05, 4.69) is 48.5 Å². The summed E-state index contributed by atoms with van der Waals surface area (Å²) in [6.45, 7) is 0.259. The second-order valence-corrected chi connectivity index (χ2v) is 5.49. The van der Waals surface area contributed by atoms with Crippen molar-refractivity contribution in [1.29, 1.82) is 0 Å². The summed E-state index contributed by atoms with van der Waals surface area (Å²) < 4.78 is 0. The lowest BCUT2D eigenvalue weighted by atomic mass is 9.73. The van der Waals surface area contributed by atoms with Crippen LogP contribution in [0.5, 0.6) is 0 Å². The van der Waals surface area contributed by atoms with Gasteiger partial charge in [0.15, 0.2) is 0 Å². The summed E-state index contributed by atoms with van der Waals surface area (Å²) in [6, 6.07) is 17.5. The van der Waals surface area contributed by atoms with Crippen molar-refractivity contribution in [3.05, 3.63) is 70.8 Å². The van der Waals surface area contributed by atoms with Crippen LogP contribution in [0, 0.1) is 0 Å². The van der Waals surface area contributed by atoms with Crippen molar-refractivity contribution in [2.45, 2.75) is 24.2 Å². The van der Waals surface area contributed by atoms with Gasteiger partial charge in [-0.1, -0.05) is 48.5 Å². The Hall–Kier alpha value is -1.60. The van der Waals surface area contributed by atoms with E-state index in [0.717, 1.165) is 12.8 Å². The summed E-state index contributed by atoms with van der Waals surface area (Å²) in [5.74, 6) is 0.545. The van der Waals surface area contributed by atoms with Crippen molar-refractivity contribution in [3.63, 3.8) is 0 Å². The van der Waals surface area contributed by atoms with E-state index in [9.17, 15) is 5.11 Å². The van der Waals surface area contributed by atoms with Crippen LogP contribution in [-0.4, -0.2) is 11.7 Å². The minimum Gasteiger partial charge on any atom is -0.396 e. The summed E-state index contributed by atoms with van der Waals surface area (Å²) in [6.07, 6.45) is 1.99. The number of benzene rings is 2. The highest BCUT2D eigenvalue weighted by Gasteiger charge is 2.51. The molecule has 2 bridgehead atoms. The molecule has 0 aromatic heterocycles. The number of hydrogen-bond acceptors (Lipinski definition) is 1. The van der Waals surface area contributed by atoms with Gasteiger partial charge in [-0.3, -0.25) is 0 Å². The maximum absolute atomic E-state index is 9.49. The minimum atomic E-state index is 0.0760. The van der Waals surface area contributed by atoms with E-state index in [0.29, 0.717) is 5.92 Å². The molecule has 4 rings (SSSR count). The highest BCUT2D eigenvalue weighted by atomic mass is 16.3. The third kappa shape index (κ3) is 1.06. The van der Waals surface area contributed by atoms with Gasteiger partial charge in [-0.05, 0) is 35.1 Å². The van der Waals surface area contributed by atoms with Crippen LogP contribution in [0.1, 0.15) is 41.0 Å². The van der Waals surface area contributed by atoms with Gasteiger partial charge in [0.1, 0.15) is 0 Å². The van der Waals surface area contributed by atoms with Crippen molar-refractivity contribution in [2.24, 2.45) is 0 Å². The molecule has 1 N–H and O–H groups in total. The molecule has 0 spiro atoms. The Morgan fingerprint density at radius 1 is 0.944 bits per heavy atom. The molecule has 90 valence electrons. The fourth-order valence-corrected chi connectivity index (χ4v) is 4.14. The molecule has 0 atom stereocenters. The van der Waals surface area contributed by atoms with Crippen LogP contribution < -0.4 is 0 Å². The molecule has 2 aliphatic carbocycles. The zero-order chi connectivity index (χ0) is 12.2. The lowest BCUT2D eigenvalue weighted by molar-refractivity contribution is 0.255. The fraction of sp³-hybridized carbons (Fsp3) is 0.294. The number of hydrogen-bond donors (Lipinski definition) is 1. The smallest absolute Gasteiger partial charge is 0.0442 e. The molecular weight excluding hydrogens is 220 g/mol. The predicted octanol–water partition coefficient (Wildman–Crippen LogP) is 3.20. The molecule has 0 heterocycles. The van der Waals surface area contributed by atoms with Crippen molar-refractivity contribution in [1.82, 2.24) is 0 Å². The molecule has 0 fully saturated rings. The lowest BCUT2D eigenvalue weighted by Crippen LogP contribution is -2.25. The molecular formula is C17H16O. The van der Waals surface area contributed by atoms with Gasteiger partial charge >= 0.3 is 0 Å². The van der Waals surface area contributed by atoms with Crippen LogP contribution in [0.2, 0.25) is 0 Å². The van der Waals surface area contributed by atoms with E-state index >= 15 is 0 Å². The van der Waals surface area contributed by atoms with Crippen molar-refractivity contribution < 1.29 is 5.11 Å². The Kier molecular flexibility index (Phi) is 1.98. The molecule has 0 saturated carbocycles. The van der Waals surface area contributed by atoms with Crippen LogP contribution in [0.4, 0.5) is 0 Å². The van der Waals surface area contributed by atoms with Crippen LogP contribution in [0.3, 0.4) is 0 Å². The van der Waals surface area contributed by atoms with E-state index in [-0.39, 0.29) is 12.0 Å². The van der Waals surface area contributed by atoms with Crippen molar-refractivity contribution >= 4 is 0 Å². The molecule has 2 aliphatic rings. The van der Waals surface area contributed by atoms with Gasteiger partial charge < -0.3 is 5.11 Å². The summed E-state index contributed by atoms with van der Waals surface area (Å²) in [5, 5.41) is 9.49. The summed E-state index contributed by atoms with van der Waals surface area (Å²) in [5.41, 5.74) is 5.92. The highest BCUT2D eigenvalue weighted by Crippen LogP contribution is 2.61. The maximum Gasteiger partial charge on any atom is 0.0442 e. The molecule has 1 nitrogen and oxygen atoms in total. The monoisotopic (exact) mass is 236 g/mol. The number of aliphatic hydroxyl groups is 1. The Labute approximate surface area is 107 Å². The van der Waals surface area contributed by atoms with Crippen LogP contribution >= 0.6 is 0 Å². The molecule has 0 aliphatic heterocycles. The SMILES string of the molecule is OCCC12CC(c3ccccc31)c1ccccc12. The van der Waals surface area contributed by atoms with Gasteiger partial charge in [0.05, 0.1) is 0 Å². The summed E-state index contributed by atoms with van der Waals surface area (Å²) in [4.78, 5) is 0. The lowest BCUT2D eigenvalue weighted by Gasteiger charge is -2.30. The van der Waals surface area contributed by atoms with Crippen LogP contribution in [0.15, 0.2) is 48.5 Å². The largest absolute Gasteiger partial charge is 0.396 e. The predicted molar refractivity (Wildman–Crippen MR) is 71.8 cm³/mol. The number of fused-ring (bicyclic) bond motifs is 8. The molecule has 18 heavy (non-hydrogen) atoms. The first kappa shape index (κ1) is 10.3. The highest BCUT2D eigenvalue weighted by molar-refractivity contribution is 5.62. The third-order valence-electron chi connectivity index (χ3n) is 4.79. The molecule has 2 aromatic carbocycles. The first-order chi connectivity index (χ1) is 8.87. The number of aliphatic hydroxyl groups excluding tert-OH is 1. The second-order valence-electron chi connectivity index (χ2n) is 5.49. The number of rotatable bonds is 2. The Morgan fingerprint density at radius 2 is 1.50 bits per heavy atom. The first-order valence-electron chi connectivity index (χ1n) is 6.66. The second kappa shape index (κ2) is 3.46. The average molecular weight is 236 g/mol. The zero-order valence-corrected chi connectivity index (χ0v) is 10.3. The standard InChI is InChI=1S/C17H16O/c18-10-9-17-11-14(12-5-1-3-7-15(12)17)13-6-2-4-8-16(13)17/h1-8,14,18H,9-11H2. The van der Waals surface area contributed by atoms with E-state index in [1.165, 1.54) is 22.3 Å². The van der Waals surface area contributed by atoms with E-state index in [1.54, 1.807) is 0 Å². The van der Waals surface area contributed by atoms with Gasteiger partial charge in [-0.15, -0.1) is 0 Å². The Bertz CT molecular complexity index is 567. The fourth-order valence-electron chi connectivity index (χ4n) is 4.14. The average Bonchev–Trinajstić information content (AvgIpc) is 2.92. The van der Waals surface area contributed by atoms with Crippen LogP contribution in [-0.2, 0) is 5.41 Å². The topological polar surface area (TPSA) is 20.2 Å². The quantitative estimate of drug-likeness (QED) is 0.849. The van der Waals surface area contributed by atoms with E-state index in [1.807, 2.05) is 0 Å². The van der Waals surface area contributed by atoms with Crippen molar-refractivity contribution in [3.8, 4) is 0 Å². The third-order valence-corrected chi connectivity index (χ3v) is 4.79. The molecule has 0 radical (unpaired) electrons. The zero-order valence-electron chi connectivity index (χ0n) is 10.3. The Balaban J connectivity index is 2.02. The normalized spacial score (nSPS) is 27.1. The van der Waals surface area contributed by atoms with Crippen LogP contribution in [0.25, 0.3) is 0 Å². The summed E-state index contributed by atoms with van der Waals surface area (Å²) >= 11 is 0. The molecule has 2 aromatic rings. The minimum absolute atomic E-state index is 0.0760. The molecule has 0 saturated heterocycles.